The number of aromatic amines is 2. The Morgan fingerprint density at radius 1 is 1.08 bits per heavy atom. The standard InChI is InChI=1S/C17H14N4O4S/c1-7-11-12-13(15(22)21-17(23)19-12)26-16(11)20-14(18-7)9-5-4-8(24-2)6-10(9)25-3/h4-6H,1-3H3,(H2,19,21,22,23). The topological polar surface area (TPSA) is 110 Å². The van der Waals surface area contributed by atoms with Gasteiger partial charge in [0.25, 0.3) is 5.56 Å². The lowest BCUT2D eigenvalue weighted by molar-refractivity contribution is 0.395. The zero-order valence-electron chi connectivity index (χ0n) is 14.2. The molecule has 0 saturated heterocycles. The zero-order valence-corrected chi connectivity index (χ0v) is 15.0. The number of benzene rings is 1. The van der Waals surface area contributed by atoms with Gasteiger partial charge >= 0.3 is 5.69 Å². The minimum absolute atomic E-state index is 0.413. The van der Waals surface area contributed by atoms with Crippen molar-refractivity contribution in [2.75, 3.05) is 14.2 Å². The van der Waals surface area contributed by atoms with E-state index in [9.17, 15) is 9.59 Å². The Labute approximate surface area is 150 Å². The molecule has 0 atom stereocenters. The molecule has 0 radical (unpaired) electrons. The number of hydrogen-bond acceptors (Lipinski definition) is 7. The molecule has 132 valence electrons. The van der Waals surface area contributed by atoms with E-state index >= 15 is 0 Å². The van der Waals surface area contributed by atoms with E-state index in [1.165, 1.54) is 11.3 Å². The molecule has 0 aliphatic heterocycles. The molecule has 0 unspecified atom stereocenters. The van der Waals surface area contributed by atoms with Gasteiger partial charge in [-0.05, 0) is 19.1 Å². The fourth-order valence-electron chi connectivity index (χ4n) is 2.86. The molecular weight excluding hydrogens is 356 g/mol. The Balaban J connectivity index is 2.02. The van der Waals surface area contributed by atoms with Crippen molar-refractivity contribution in [2.24, 2.45) is 0 Å². The fraction of sp³-hybridized carbons (Fsp3) is 0.176. The highest BCUT2D eigenvalue weighted by Gasteiger charge is 2.17. The number of fused-ring (bicyclic) bond motifs is 3. The van der Waals surface area contributed by atoms with Crippen molar-refractivity contribution in [3.63, 3.8) is 0 Å². The van der Waals surface area contributed by atoms with Gasteiger partial charge in [0.2, 0.25) is 0 Å². The summed E-state index contributed by atoms with van der Waals surface area (Å²) >= 11 is 1.21. The maximum absolute atomic E-state index is 12.1. The predicted octanol–water partition coefficient (Wildman–Crippen LogP) is 2.21. The number of rotatable bonds is 3. The van der Waals surface area contributed by atoms with E-state index in [1.807, 2.05) is 13.0 Å². The number of thiophene rings is 1. The molecule has 3 heterocycles. The van der Waals surface area contributed by atoms with E-state index in [1.54, 1.807) is 26.4 Å². The molecule has 0 spiro atoms. The van der Waals surface area contributed by atoms with Gasteiger partial charge in [-0.3, -0.25) is 9.78 Å². The van der Waals surface area contributed by atoms with Crippen LogP contribution < -0.4 is 20.7 Å². The highest BCUT2D eigenvalue weighted by atomic mass is 32.1. The summed E-state index contributed by atoms with van der Waals surface area (Å²) in [4.78, 5) is 38.3. The first-order valence-electron chi connectivity index (χ1n) is 7.67. The van der Waals surface area contributed by atoms with Crippen LogP contribution in [0.15, 0.2) is 27.8 Å². The van der Waals surface area contributed by atoms with E-state index < -0.39 is 11.2 Å². The number of nitrogens with zero attached hydrogens (tertiary/aromatic N) is 2. The Hall–Kier alpha value is -3.20. The summed E-state index contributed by atoms with van der Waals surface area (Å²) in [6.45, 7) is 1.81. The van der Waals surface area contributed by atoms with E-state index in [-0.39, 0.29) is 0 Å². The van der Waals surface area contributed by atoms with Gasteiger partial charge in [-0.1, -0.05) is 0 Å². The second-order valence-corrected chi connectivity index (χ2v) is 6.59. The molecule has 9 heteroatoms. The molecule has 2 N–H and O–H groups in total. The Morgan fingerprint density at radius 3 is 2.62 bits per heavy atom. The summed E-state index contributed by atoms with van der Waals surface area (Å²) in [6.07, 6.45) is 0. The number of H-pyrrole nitrogens is 2. The number of ether oxygens (including phenoxy) is 2. The van der Waals surface area contributed by atoms with Crippen LogP contribution in [-0.4, -0.2) is 34.2 Å². The molecular formula is C17H14N4O4S. The largest absolute Gasteiger partial charge is 0.497 e. The second kappa shape index (κ2) is 5.95. The molecule has 0 aliphatic carbocycles. The Kier molecular flexibility index (Phi) is 3.73. The van der Waals surface area contributed by atoms with Crippen molar-refractivity contribution in [1.82, 2.24) is 19.9 Å². The SMILES string of the molecule is COc1ccc(-c2nc(C)c3c(n2)sc2c(=O)[nH]c(=O)[nH]c23)c(OC)c1. The van der Waals surface area contributed by atoms with Crippen molar-refractivity contribution >= 4 is 31.8 Å². The van der Waals surface area contributed by atoms with Crippen LogP contribution in [0.5, 0.6) is 11.5 Å². The number of aryl methyl sites for hydroxylation is 1. The zero-order chi connectivity index (χ0) is 18.4. The van der Waals surface area contributed by atoms with Crippen LogP contribution in [-0.2, 0) is 0 Å². The lowest BCUT2D eigenvalue weighted by Gasteiger charge is -2.10. The molecule has 0 fully saturated rings. The van der Waals surface area contributed by atoms with Crippen molar-refractivity contribution < 1.29 is 9.47 Å². The highest BCUT2D eigenvalue weighted by Crippen LogP contribution is 2.35. The van der Waals surface area contributed by atoms with Gasteiger partial charge in [0, 0.05) is 6.07 Å². The van der Waals surface area contributed by atoms with E-state index in [4.69, 9.17) is 9.47 Å². The first-order chi connectivity index (χ1) is 12.5. The van der Waals surface area contributed by atoms with Gasteiger partial charge in [0.05, 0.1) is 36.4 Å². The van der Waals surface area contributed by atoms with Gasteiger partial charge in [-0.2, -0.15) is 0 Å². The first kappa shape index (κ1) is 16.3. The summed E-state index contributed by atoms with van der Waals surface area (Å²) in [5, 5.41) is 0.671. The van der Waals surface area contributed by atoms with Crippen LogP contribution in [0.4, 0.5) is 0 Å². The lowest BCUT2D eigenvalue weighted by atomic mass is 10.1. The molecule has 0 bridgehead atoms. The van der Waals surface area contributed by atoms with Gasteiger partial charge in [-0.15, -0.1) is 11.3 Å². The summed E-state index contributed by atoms with van der Waals surface area (Å²) in [7, 11) is 3.14. The Bertz CT molecular complexity index is 1270. The maximum Gasteiger partial charge on any atom is 0.326 e. The van der Waals surface area contributed by atoms with Crippen LogP contribution >= 0.6 is 11.3 Å². The monoisotopic (exact) mass is 370 g/mol. The first-order valence-corrected chi connectivity index (χ1v) is 8.49. The van der Waals surface area contributed by atoms with Gasteiger partial charge in [-0.25, -0.2) is 14.8 Å². The molecule has 4 aromatic rings. The van der Waals surface area contributed by atoms with Crippen LogP contribution in [0.2, 0.25) is 0 Å². The molecule has 8 nitrogen and oxygen atoms in total. The number of nitrogens with one attached hydrogen (secondary N) is 2. The number of aromatic nitrogens is 4. The van der Waals surface area contributed by atoms with Crippen molar-refractivity contribution in [3.05, 3.63) is 44.7 Å². The average Bonchev–Trinajstić information content (AvgIpc) is 3.00. The van der Waals surface area contributed by atoms with E-state index in [0.717, 1.165) is 0 Å². The van der Waals surface area contributed by atoms with Crippen molar-refractivity contribution in [2.45, 2.75) is 6.92 Å². The molecule has 0 aliphatic rings. The third kappa shape index (κ3) is 2.44. The van der Waals surface area contributed by atoms with Crippen molar-refractivity contribution in [3.8, 4) is 22.9 Å². The number of methoxy groups -OCH3 is 2. The molecule has 3 aromatic heterocycles. The predicted molar refractivity (Wildman–Crippen MR) is 99.4 cm³/mol. The summed E-state index contributed by atoms with van der Waals surface area (Å²) in [5.41, 5.74) is 0.843. The smallest absolute Gasteiger partial charge is 0.326 e. The lowest BCUT2D eigenvalue weighted by Crippen LogP contribution is -2.20. The van der Waals surface area contributed by atoms with Crippen LogP contribution in [0.3, 0.4) is 0 Å². The van der Waals surface area contributed by atoms with Crippen molar-refractivity contribution in [1.29, 1.82) is 0 Å². The van der Waals surface area contributed by atoms with E-state index in [0.29, 0.717) is 49.0 Å². The normalized spacial score (nSPS) is 11.2. The third-order valence-corrected chi connectivity index (χ3v) is 5.14. The summed E-state index contributed by atoms with van der Waals surface area (Å²) < 4.78 is 11.1. The quantitative estimate of drug-likeness (QED) is 0.572. The average molecular weight is 370 g/mol. The molecule has 0 amide bonds. The van der Waals surface area contributed by atoms with Gasteiger partial charge < -0.3 is 14.5 Å². The van der Waals surface area contributed by atoms with Crippen LogP contribution in [0, 0.1) is 6.92 Å². The Morgan fingerprint density at radius 2 is 1.88 bits per heavy atom. The molecule has 1 aromatic carbocycles. The third-order valence-electron chi connectivity index (χ3n) is 4.05. The van der Waals surface area contributed by atoms with Crippen LogP contribution in [0.25, 0.3) is 31.8 Å². The van der Waals surface area contributed by atoms with Crippen LogP contribution in [0.1, 0.15) is 5.69 Å². The maximum atomic E-state index is 12.1. The van der Waals surface area contributed by atoms with Gasteiger partial charge in [0.1, 0.15) is 21.0 Å². The minimum atomic E-state index is -0.553. The fourth-order valence-corrected chi connectivity index (χ4v) is 3.93. The summed E-state index contributed by atoms with van der Waals surface area (Å²) in [6, 6.07) is 5.37. The molecule has 0 saturated carbocycles. The highest BCUT2D eigenvalue weighted by molar-refractivity contribution is 7.25. The van der Waals surface area contributed by atoms with E-state index in [2.05, 4.69) is 19.9 Å². The minimum Gasteiger partial charge on any atom is -0.497 e. The number of hydrogen-bond donors (Lipinski definition) is 2. The van der Waals surface area contributed by atoms with Gasteiger partial charge in [0.15, 0.2) is 5.82 Å². The molecule has 26 heavy (non-hydrogen) atoms. The summed E-state index contributed by atoms with van der Waals surface area (Å²) in [5.74, 6) is 1.71. The second-order valence-electron chi connectivity index (χ2n) is 5.59. The molecule has 4 rings (SSSR count).